The Balaban J connectivity index is 1.33. The molecule has 2 N–H and O–H groups in total. The van der Waals surface area contributed by atoms with E-state index in [9.17, 15) is 28.0 Å². The van der Waals surface area contributed by atoms with Gasteiger partial charge >= 0.3 is 0 Å². The Morgan fingerprint density at radius 2 is 1.74 bits per heavy atom. The molecule has 3 aromatic carbocycles. The summed E-state index contributed by atoms with van der Waals surface area (Å²) in [6.45, 7) is 0.0811. The number of hydrogen-bond acceptors (Lipinski definition) is 7. The van der Waals surface area contributed by atoms with Crippen LogP contribution in [0.1, 0.15) is 47.2 Å². The van der Waals surface area contributed by atoms with Crippen LogP contribution in [0.15, 0.2) is 60.7 Å². The lowest BCUT2D eigenvalue weighted by Gasteiger charge is -2.39. The molecule has 242 valence electrons. The number of methoxy groups -OCH3 is 1. The maximum absolute atomic E-state index is 14.6. The highest BCUT2D eigenvalue weighted by atomic mass is 19.1. The molecule has 2 aliphatic rings. The fraction of sp³-hybridized carbons (Fsp3) is 0.353. The van der Waals surface area contributed by atoms with Gasteiger partial charge in [0.2, 0.25) is 11.8 Å². The summed E-state index contributed by atoms with van der Waals surface area (Å²) in [7, 11) is 1.48. The van der Waals surface area contributed by atoms with Crippen LogP contribution in [0.5, 0.6) is 17.2 Å². The molecule has 0 spiro atoms. The van der Waals surface area contributed by atoms with Gasteiger partial charge in [0, 0.05) is 56.9 Å². The smallest absolute Gasteiger partial charge is 0.258 e. The molecular formula is C34H35F2N3O7. The summed E-state index contributed by atoms with van der Waals surface area (Å²) in [5, 5.41) is 5.71. The van der Waals surface area contributed by atoms with Gasteiger partial charge in [0.05, 0.1) is 13.2 Å². The van der Waals surface area contributed by atoms with Gasteiger partial charge in [-0.2, -0.15) is 0 Å². The molecule has 46 heavy (non-hydrogen) atoms. The number of fused-ring (bicyclic) bond motifs is 5. The average Bonchev–Trinajstić information content (AvgIpc) is 3.04. The van der Waals surface area contributed by atoms with Crippen molar-refractivity contribution in [2.75, 3.05) is 26.8 Å². The average molecular weight is 636 g/mol. The SMILES string of the molecule is COc1ccc2cc1OCC(=O)N[C@@H]1CN(C(=O)CCC(=O)c3ccc(F)cc3)CC[C@H]1Oc1cc(F)cc(c1)CNC(=O)CC2. The second-order valence-electron chi connectivity index (χ2n) is 11.2. The van der Waals surface area contributed by atoms with E-state index in [1.807, 2.05) is 0 Å². The number of rotatable bonds is 5. The number of Topliss-reactive ketones (excluding diaryl/α,β-unsaturated/α-hetero) is 1. The van der Waals surface area contributed by atoms with Crippen LogP contribution in [0.2, 0.25) is 0 Å². The van der Waals surface area contributed by atoms with Crippen molar-refractivity contribution in [3.63, 3.8) is 0 Å². The molecule has 1 fully saturated rings. The van der Waals surface area contributed by atoms with Crippen LogP contribution >= 0.6 is 0 Å². The van der Waals surface area contributed by atoms with E-state index in [0.29, 0.717) is 35.5 Å². The number of ether oxygens (including phenoxy) is 3. The topological polar surface area (TPSA) is 123 Å². The van der Waals surface area contributed by atoms with Crippen LogP contribution in [0, 0.1) is 11.6 Å². The van der Waals surface area contributed by atoms with Gasteiger partial charge in [0.25, 0.3) is 5.91 Å². The molecule has 4 bridgehead atoms. The van der Waals surface area contributed by atoms with Gasteiger partial charge in [-0.05, 0) is 66.1 Å². The molecule has 0 radical (unpaired) electrons. The highest BCUT2D eigenvalue weighted by molar-refractivity contribution is 5.98. The molecule has 0 aromatic heterocycles. The minimum atomic E-state index is -0.694. The summed E-state index contributed by atoms with van der Waals surface area (Å²) in [5.41, 5.74) is 1.62. The number of amides is 3. The summed E-state index contributed by atoms with van der Waals surface area (Å²) in [5.74, 6) is -1.31. The van der Waals surface area contributed by atoms with Gasteiger partial charge in [-0.25, -0.2) is 8.78 Å². The molecule has 5 rings (SSSR count). The Kier molecular flexibility index (Phi) is 10.5. The van der Waals surface area contributed by atoms with Crippen molar-refractivity contribution in [2.24, 2.45) is 0 Å². The molecule has 10 nitrogen and oxygen atoms in total. The number of nitrogens with zero attached hydrogens (tertiary/aromatic N) is 1. The highest BCUT2D eigenvalue weighted by Crippen LogP contribution is 2.29. The van der Waals surface area contributed by atoms with Gasteiger partial charge < -0.3 is 29.7 Å². The maximum Gasteiger partial charge on any atom is 0.258 e. The standard InChI is InChI=1S/C34H35F2N3O7/c1-44-30-9-2-21-3-10-32(41)37-18-22-14-25(36)17-26(15-22)46-29-12-13-39(19-27(29)38-33(42)20-45-31(30)16-21)34(43)11-8-28(40)23-4-6-24(35)7-5-23/h2,4-7,9,14-17,27,29H,3,8,10-13,18-20H2,1H3,(H,37,41)(H,38,42)/t27-,29-/m1/s1. The number of likely N-dealkylation sites (tertiary alicyclic amines) is 1. The van der Waals surface area contributed by atoms with E-state index in [1.54, 1.807) is 29.2 Å². The number of carbonyl (C=O) groups is 4. The van der Waals surface area contributed by atoms with E-state index >= 15 is 0 Å². The third-order valence-corrected chi connectivity index (χ3v) is 7.92. The van der Waals surface area contributed by atoms with Crippen molar-refractivity contribution in [2.45, 2.75) is 50.8 Å². The number of benzene rings is 3. The Morgan fingerprint density at radius 1 is 0.935 bits per heavy atom. The maximum atomic E-state index is 14.6. The van der Waals surface area contributed by atoms with Crippen LogP contribution in [-0.4, -0.2) is 67.4 Å². The first-order valence-corrected chi connectivity index (χ1v) is 15.1. The highest BCUT2D eigenvalue weighted by Gasteiger charge is 2.34. The molecule has 3 amide bonds. The summed E-state index contributed by atoms with van der Waals surface area (Å²) in [6.07, 6.45) is 0.135. The molecule has 2 heterocycles. The summed E-state index contributed by atoms with van der Waals surface area (Å²) >= 11 is 0. The predicted molar refractivity (Wildman–Crippen MR) is 163 cm³/mol. The monoisotopic (exact) mass is 635 g/mol. The van der Waals surface area contributed by atoms with Crippen LogP contribution in [0.25, 0.3) is 0 Å². The minimum Gasteiger partial charge on any atom is -0.493 e. The molecule has 12 heteroatoms. The Labute approximate surface area is 265 Å². The fourth-order valence-corrected chi connectivity index (χ4v) is 5.49. The van der Waals surface area contributed by atoms with Crippen LogP contribution in [0.3, 0.4) is 0 Å². The number of nitrogens with one attached hydrogen (secondary N) is 2. The number of piperidine rings is 1. The van der Waals surface area contributed by atoms with E-state index < -0.39 is 29.7 Å². The first kappa shape index (κ1) is 32.4. The van der Waals surface area contributed by atoms with E-state index in [-0.39, 0.29) is 68.9 Å². The summed E-state index contributed by atoms with van der Waals surface area (Å²) in [4.78, 5) is 53.0. The van der Waals surface area contributed by atoms with Gasteiger partial charge in [0.15, 0.2) is 23.9 Å². The Bertz CT molecular complexity index is 1600. The van der Waals surface area contributed by atoms with Crippen molar-refractivity contribution >= 4 is 23.5 Å². The van der Waals surface area contributed by atoms with Gasteiger partial charge in [-0.3, -0.25) is 19.2 Å². The molecule has 3 aromatic rings. The van der Waals surface area contributed by atoms with E-state index in [4.69, 9.17) is 14.2 Å². The Morgan fingerprint density at radius 3 is 2.52 bits per heavy atom. The number of hydrogen-bond donors (Lipinski definition) is 2. The number of ketones is 1. The first-order chi connectivity index (χ1) is 22.2. The van der Waals surface area contributed by atoms with Crippen molar-refractivity contribution in [1.29, 1.82) is 0 Å². The lowest BCUT2D eigenvalue weighted by Crippen LogP contribution is -2.58. The van der Waals surface area contributed by atoms with E-state index in [2.05, 4.69) is 10.6 Å². The second kappa shape index (κ2) is 14.9. The zero-order valence-electron chi connectivity index (χ0n) is 25.4. The zero-order chi connectivity index (χ0) is 32.6. The van der Waals surface area contributed by atoms with Crippen molar-refractivity contribution in [1.82, 2.24) is 15.5 Å². The molecule has 0 saturated carbocycles. The van der Waals surface area contributed by atoms with E-state index in [0.717, 1.165) is 5.56 Å². The van der Waals surface area contributed by atoms with Crippen LogP contribution in [0.4, 0.5) is 8.78 Å². The molecule has 0 unspecified atom stereocenters. The van der Waals surface area contributed by atoms with Gasteiger partial charge in [0.1, 0.15) is 23.5 Å². The minimum absolute atomic E-state index is 0.0603. The number of halogens is 2. The number of carbonyl (C=O) groups excluding carboxylic acids is 4. The zero-order valence-corrected chi connectivity index (χ0v) is 25.4. The van der Waals surface area contributed by atoms with E-state index in [1.165, 1.54) is 43.5 Å². The van der Waals surface area contributed by atoms with Crippen LogP contribution < -0.4 is 24.8 Å². The third kappa shape index (κ3) is 8.58. The van der Waals surface area contributed by atoms with Crippen molar-refractivity contribution in [3.05, 3.63) is 89.0 Å². The summed E-state index contributed by atoms with van der Waals surface area (Å²) in [6, 6.07) is 13.8. The molecule has 2 atom stereocenters. The lowest BCUT2D eigenvalue weighted by molar-refractivity contribution is -0.135. The summed E-state index contributed by atoms with van der Waals surface area (Å²) < 4.78 is 45.2. The Hall–Kier alpha value is -5.00. The second-order valence-corrected chi connectivity index (χ2v) is 11.2. The van der Waals surface area contributed by atoms with Gasteiger partial charge in [-0.15, -0.1) is 0 Å². The first-order valence-electron chi connectivity index (χ1n) is 15.1. The molecule has 0 aliphatic carbocycles. The molecular weight excluding hydrogens is 600 g/mol. The van der Waals surface area contributed by atoms with Gasteiger partial charge in [-0.1, -0.05) is 6.07 Å². The fourth-order valence-electron chi connectivity index (χ4n) is 5.49. The lowest BCUT2D eigenvalue weighted by atomic mass is 10.00. The normalized spacial score (nSPS) is 18.8. The molecule has 1 saturated heterocycles. The largest absolute Gasteiger partial charge is 0.493 e. The quantitative estimate of drug-likeness (QED) is 0.410. The molecule has 2 aliphatic heterocycles. The number of aryl methyl sites for hydroxylation is 1. The van der Waals surface area contributed by atoms with Crippen LogP contribution in [-0.2, 0) is 27.3 Å². The predicted octanol–water partition coefficient (Wildman–Crippen LogP) is 3.74. The van der Waals surface area contributed by atoms with Crippen molar-refractivity contribution < 1.29 is 42.2 Å². The van der Waals surface area contributed by atoms with Crippen molar-refractivity contribution in [3.8, 4) is 17.2 Å². The third-order valence-electron chi connectivity index (χ3n) is 7.92.